The summed E-state index contributed by atoms with van der Waals surface area (Å²) in [4.78, 5) is 4.31. The van der Waals surface area contributed by atoms with Crippen molar-refractivity contribution < 1.29 is 0 Å². The molecule has 0 spiro atoms. The van der Waals surface area contributed by atoms with Gasteiger partial charge in [-0.2, -0.15) is 0 Å². The van der Waals surface area contributed by atoms with E-state index in [0.29, 0.717) is 6.04 Å². The van der Waals surface area contributed by atoms with E-state index in [0.717, 1.165) is 41.3 Å². The van der Waals surface area contributed by atoms with Gasteiger partial charge < -0.3 is 10.2 Å². The lowest BCUT2D eigenvalue weighted by Crippen LogP contribution is -2.25. The van der Waals surface area contributed by atoms with Gasteiger partial charge in [0.25, 0.3) is 0 Å². The summed E-state index contributed by atoms with van der Waals surface area (Å²) >= 11 is 0. The van der Waals surface area contributed by atoms with Crippen LogP contribution in [0.4, 0.5) is 17.1 Å². The molecule has 3 heteroatoms. The molecule has 25 heavy (non-hydrogen) atoms. The van der Waals surface area contributed by atoms with Crippen molar-refractivity contribution in [2.24, 2.45) is 0 Å². The molecule has 2 aromatic rings. The van der Waals surface area contributed by atoms with E-state index in [1.54, 1.807) is 0 Å². The predicted molar refractivity (Wildman–Crippen MR) is 109 cm³/mol. The van der Waals surface area contributed by atoms with Gasteiger partial charge in [0.1, 0.15) is 5.82 Å². The Labute approximate surface area is 151 Å². The quantitative estimate of drug-likeness (QED) is 0.753. The second kappa shape index (κ2) is 7.06. The van der Waals surface area contributed by atoms with E-state index in [-0.39, 0.29) is 0 Å². The van der Waals surface area contributed by atoms with Gasteiger partial charge in [0.15, 0.2) is 0 Å². The first-order valence-corrected chi connectivity index (χ1v) is 8.94. The number of para-hydroxylation sites is 2. The monoisotopic (exact) mass is 333 g/mol. The lowest BCUT2D eigenvalue weighted by molar-refractivity contribution is 0.561. The van der Waals surface area contributed by atoms with Crippen LogP contribution in [-0.2, 0) is 0 Å². The SMILES string of the molecule is C=C(NC(CC)CC)c1ccc(N2C(=C)N(C)c3ccccc32)cc1. The van der Waals surface area contributed by atoms with Crippen LogP contribution in [0.25, 0.3) is 5.70 Å². The third kappa shape index (κ3) is 3.14. The Balaban J connectivity index is 1.84. The molecule has 0 saturated heterocycles. The molecule has 0 atom stereocenters. The van der Waals surface area contributed by atoms with E-state index in [2.05, 4.69) is 97.7 Å². The fourth-order valence-electron chi connectivity index (χ4n) is 3.29. The first-order valence-electron chi connectivity index (χ1n) is 8.94. The van der Waals surface area contributed by atoms with Gasteiger partial charge in [-0.25, -0.2) is 0 Å². The highest BCUT2D eigenvalue weighted by atomic mass is 15.4. The highest BCUT2D eigenvalue weighted by molar-refractivity contribution is 5.88. The van der Waals surface area contributed by atoms with Gasteiger partial charge in [0.05, 0.1) is 11.4 Å². The van der Waals surface area contributed by atoms with E-state index >= 15 is 0 Å². The van der Waals surface area contributed by atoms with Gasteiger partial charge >= 0.3 is 0 Å². The van der Waals surface area contributed by atoms with Gasteiger partial charge in [-0.15, -0.1) is 0 Å². The van der Waals surface area contributed by atoms with Crippen molar-refractivity contribution in [3.63, 3.8) is 0 Å². The van der Waals surface area contributed by atoms with E-state index in [4.69, 9.17) is 0 Å². The number of anilines is 3. The topological polar surface area (TPSA) is 18.5 Å². The normalized spacial score (nSPS) is 13.4. The third-order valence-electron chi connectivity index (χ3n) is 4.97. The highest BCUT2D eigenvalue weighted by Crippen LogP contribution is 2.44. The Morgan fingerprint density at radius 2 is 1.60 bits per heavy atom. The molecule has 1 N–H and O–H groups in total. The van der Waals surface area contributed by atoms with Gasteiger partial charge in [0.2, 0.25) is 0 Å². The second-order valence-corrected chi connectivity index (χ2v) is 6.48. The number of nitrogens with one attached hydrogen (secondary N) is 1. The molecule has 2 aromatic carbocycles. The summed E-state index contributed by atoms with van der Waals surface area (Å²) < 4.78 is 0. The molecule has 0 fully saturated rings. The maximum atomic E-state index is 4.25. The van der Waals surface area contributed by atoms with Gasteiger partial charge in [0, 0.05) is 24.5 Å². The smallest absolute Gasteiger partial charge is 0.110 e. The summed E-state index contributed by atoms with van der Waals surface area (Å²) in [7, 11) is 2.05. The van der Waals surface area contributed by atoms with Gasteiger partial charge in [-0.05, 0) is 42.7 Å². The molecule has 0 bridgehead atoms. The van der Waals surface area contributed by atoms with Crippen LogP contribution in [0, 0.1) is 0 Å². The summed E-state index contributed by atoms with van der Waals surface area (Å²) in [5, 5.41) is 3.52. The Morgan fingerprint density at radius 1 is 1.00 bits per heavy atom. The number of hydrogen-bond acceptors (Lipinski definition) is 3. The summed E-state index contributed by atoms with van der Waals surface area (Å²) in [5.74, 6) is 0.961. The van der Waals surface area contributed by atoms with Crippen LogP contribution >= 0.6 is 0 Å². The summed E-state index contributed by atoms with van der Waals surface area (Å²) in [6.07, 6.45) is 2.20. The maximum absolute atomic E-state index is 4.25. The molecule has 0 unspecified atom stereocenters. The van der Waals surface area contributed by atoms with Crippen LogP contribution < -0.4 is 15.1 Å². The van der Waals surface area contributed by atoms with Crippen LogP contribution in [-0.4, -0.2) is 13.1 Å². The summed E-state index contributed by atoms with van der Waals surface area (Å²) in [6.45, 7) is 12.8. The van der Waals surface area contributed by atoms with Crippen molar-refractivity contribution >= 4 is 22.8 Å². The molecule has 3 rings (SSSR count). The molecule has 0 saturated carbocycles. The van der Waals surface area contributed by atoms with Gasteiger partial charge in [-0.3, -0.25) is 4.90 Å². The standard InChI is InChI=1S/C22H27N3/c1-6-19(7-2)23-16(3)18-12-14-20(15-13-18)25-17(4)24(5)21-10-8-9-11-22(21)25/h8-15,19,23H,3-4,6-7H2,1-2,5H3. The number of fused-ring (bicyclic) bond motifs is 1. The molecule has 0 radical (unpaired) electrons. The second-order valence-electron chi connectivity index (χ2n) is 6.48. The average Bonchev–Trinajstić information content (AvgIpc) is 2.91. The zero-order valence-electron chi connectivity index (χ0n) is 15.4. The molecule has 0 aliphatic carbocycles. The first-order chi connectivity index (χ1) is 12.1. The van der Waals surface area contributed by atoms with Crippen LogP contribution in [0.1, 0.15) is 32.3 Å². The van der Waals surface area contributed by atoms with Crippen molar-refractivity contribution in [1.82, 2.24) is 5.32 Å². The van der Waals surface area contributed by atoms with E-state index in [1.165, 1.54) is 5.69 Å². The molecule has 0 aromatic heterocycles. The highest BCUT2D eigenvalue weighted by Gasteiger charge is 2.28. The van der Waals surface area contributed by atoms with Crippen LogP contribution in [0.2, 0.25) is 0 Å². The van der Waals surface area contributed by atoms with E-state index in [9.17, 15) is 0 Å². The minimum atomic E-state index is 0.478. The predicted octanol–water partition coefficient (Wildman–Crippen LogP) is 5.49. The molecule has 3 nitrogen and oxygen atoms in total. The fourth-order valence-corrected chi connectivity index (χ4v) is 3.29. The Hall–Kier alpha value is -2.68. The van der Waals surface area contributed by atoms with Crippen LogP contribution in [0.5, 0.6) is 0 Å². The summed E-state index contributed by atoms with van der Waals surface area (Å²) in [5.41, 5.74) is 5.56. The van der Waals surface area contributed by atoms with Crippen molar-refractivity contribution in [3.05, 3.63) is 73.1 Å². The molecule has 1 heterocycles. The first kappa shape index (κ1) is 17.2. The number of hydrogen-bond donors (Lipinski definition) is 1. The Kier molecular flexibility index (Phi) is 4.84. The number of rotatable bonds is 6. The van der Waals surface area contributed by atoms with E-state index < -0.39 is 0 Å². The summed E-state index contributed by atoms with van der Waals surface area (Å²) in [6, 6.07) is 17.4. The van der Waals surface area contributed by atoms with Crippen molar-refractivity contribution in [2.45, 2.75) is 32.7 Å². The third-order valence-corrected chi connectivity index (χ3v) is 4.97. The number of nitrogens with zero attached hydrogens (tertiary/aromatic N) is 2. The molecular weight excluding hydrogens is 306 g/mol. The zero-order chi connectivity index (χ0) is 18.0. The van der Waals surface area contributed by atoms with Crippen molar-refractivity contribution in [2.75, 3.05) is 16.8 Å². The lowest BCUT2D eigenvalue weighted by atomic mass is 10.1. The molecular formula is C22H27N3. The largest absolute Gasteiger partial charge is 0.382 e. The fraction of sp³-hybridized carbons (Fsp3) is 0.273. The number of benzene rings is 2. The van der Waals surface area contributed by atoms with E-state index in [1.807, 2.05) is 0 Å². The van der Waals surface area contributed by atoms with Gasteiger partial charge in [-0.1, -0.05) is 51.3 Å². The minimum Gasteiger partial charge on any atom is -0.382 e. The van der Waals surface area contributed by atoms with Crippen LogP contribution in [0.15, 0.2) is 67.5 Å². The molecule has 1 aliphatic heterocycles. The molecule has 0 amide bonds. The minimum absolute atomic E-state index is 0.478. The van der Waals surface area contributed by atoms with Crippen molar-refractivity contribution in [1.29, 1.82) is 0 Å². The zero-order valence-corrected chi connectivity index (χ0v) is 15.4. The van der Waals surface area contributed by atoms with Crippen LogP contribution in [0.3, 0.4) is 0 Å². The average molecular weight is 333 g/mol. The lowest BCUT2D eigenvalue weighted by Gasteiger charge is -2.23. The van der Waals surface area contributed by atoms with Crippen molar-refractivity contribution in [3.8, 4) is 0 Å². The maximum Gasteiger partial charge on any atom is 0.110 e. The molecule has 130 valence electrons. The Morgan fingerprint density at radius 3 is 2.20 bits per heavy atom. The molecule has 1 aliphatic rings. The Bertz CT molecular complexity index is 772.